The van der Waals surface area contributed by atoms with Crippen LogP contribution in [0, 0.1) is 23.7 Å². The van der Waals surface area contributed by atoms with Gasteiger partial charge in [0.15, 0.2) is 0 Å². The van der Waals surface area contributed by atoms with E-state index in [9.17, 15) is 0 Å². The van der Waals surface area contributed by atoms with Crippen LogP contribution >= 0.6 is 11.3 Å². The molecule has 5 aromatic carbocycles. The molecular weight excluding hydrogens is 828 g/mol. The molecule has 2 aliphatic heterocycles. The van der Waals surface area contributed by atoms with Crippen molar-refractivity contribution in [2.45, 2.75) is 158 Å². The monoisotopic (exact) mass is 901 g/mol. The average molecular weight is 901 g/mol. The second-order valence-electron chi connectivity index (χ2n) is 26.1. The number of nitrogens with zero attached hydrogens (tertiary/aromatic N) is 2. The molecule has 1 fully saturated rings. The van der Waals surface area contributed by atoms with E-state index >= 15 is 0 Å². The molecule has 67 heavy (non-hydrogen) atoms. The van der Waals surface area contributed by atoms with Gasteiger partial charge in [0, 0.05) is 33.2 Å². The highest BCUT2D eigenvalue weighted by atomic mass is 32.1. The van der Waals surface area contributed by atoms with Crippen LogP contribution in [0.15, 0.2) is 103 Å². The Labute approximate surface area is 408 Å². The zero-order valence-corrected chi connectivity index (χ0v) is 44.1. The van der Waals surface area contributed by atoms with Gasteiger partial charge in [0.2, 0.25) is 0 Å². The van der Waals surface area contributed by atoms with Crippen molar-refractivity contribution in [1.82, 2.24) is 0 Å². The van der Waals surface area contributed by atoms with Gasteiger partial charge in [0.25, 0.3) is 6.71 Å². The van der Waals surface area contributed by atoms with E-state index in [1.807, 2.05) is 0 Å². The summed E-state index contributed by atoms with van der Waals surface area (Å²) in [6.45, 7) is 36.6. The number of thiophene rings is 1. The molecular formula is C63H73BN2S. The number of hydrogen-bond acceptors (Lipinski definition) is 3. The molecule has 0 amide bonds. The van der Waals surface area contributed by atoms with Crippen LogP contribution in [0.4, 0.5) is 33.4 Å². The first kappa shape index (κ1) is 44.7. The maximum atomic E-state index is 2.75. The van der Waals surface area contributed by atoms with Crippen LogP contribution in [0.2, 0.25) is 0 Å². The third kappa shape index (κ3) is 6.91. The van der Waals surface area contributed by atoms with Crippen LogP contribution in [0.5, 0.6) is 0 Å². The molecule has 3 heterocycles. The lowest BCUT2D eigenvalue weighted by atomic mass is 9.32. The molecule has 1 unspecified atom stereocenters. The summed E-state index contributed by atoms with van der Waals surface area (Å²) in [5.74, 6) is 0.542. The molecule has 3 aliphatic carbocycles. The predicted octanol–water partition coefficient (Wildman–Crippen LogP) is 16.2. The smallest absolute Gasteiger partial charge is 0.254 e. The number of aryl methyl sites for hydroxylation is 1. The lowest BCUT2D eigenvalue weighted by Crippen LogP contribution is -2.62. The Bertz CT molecular complexity index is 3030. The molecule has 1 aromatic heterocycles. The van der Waals surface area contributed by atoms with Gasteiger partial charge in [-0.25, -0.2) is 0 Å². The summed E-state index contributed by atoms with van der Waals surface area (Å²) in [5.41, 5.74) is 24.2. The van der Waals surface area contributed by atoms with Crippen molar-refractivity contribution >= 4 is 74.0 Å². The number of fused-ring (bicyclic) bond motifs is 8. The molecule has 11 rings (SSSR count). The number of rotatable bonds is 3. The van der Waals surface area contributed by atoms with Crippen molar-refractivity contribution in [2.24, 2.45) is 16.7 Å². The Balaban J connectivity index is 1.27. The molecule has 0 radical (unpaired) electrons. The highest BCUT2D eigenvalue weighted by Crippen LogP contribution is 2.59. The number of anilines is 6. The molecule has 0 N–H and O–H groups in total. The van der Waals surface area contributed by atoms with Gasteiger partial charge < -0.3 is 9.80 Å². The van der Waals surface area contributed by atoms with E-state index in [1.165, 1.54) is 120 Å². The van der Waals surface area contributed by atoms with Gasteiger partial charge in [-0.1, -0.05) is 163 Å². The predicted molar refractivity (Wildman–Crippen MR) is 293 cm³/mol. The third-order valence-corrected chi connectivity index (χ3v) is 18.7. The fourth-order valence-corrected chi connectivity index (χ4v) is 14.3. The zero-order chi connectivity index (χ0) is 47.5. The van der Waals surface area contributed by atoms with Crippen LogP contribution in [0.25, 0.3) is 17.2 Å². The van der Waals surface area contributed by atoms with Gasteiger partial charge in [-0.05, 0) is 175 Å². The summed E-state index contributed by atoms with van der Waals surface area (Å²) in [6, 6.07) is 38.6. The van der Waals surface area contributed by atoms with E-state index in [0.717, 1.165) is 6.42 Å². The maximum absolute atomic E-state index is 2.75. The first-order valence-corrected chi connectivity index (χ1v) is 26.3. The fourth-order valence-electron chi connectivity index (χ4n) is 13.0. The molecule has 6 aromatic rings. The summed E-state index contributed by atoms with van der Waals surface area (Å²) in [6.07, 6.45) is 8.73. The molecule has 1 atom stereocenters. The summed E-state index contributed by atoms with van der Waals surface area (Å²) < 4.78 is 0. The molecule has 0 bridgehead atoms. The lowest BCUT2D eigenvalue weighted by molar-refractivity contribution is 0.124. The molecule has 2 nitrogen and oxygen atoms in total. The molecule has 0 saturated heterocycles. The Hall–Kier alpha value is -4.80. The minimum atomic E-state index is -0.00272. The van der Waals surface area contributed by atoms with Gasteiger partial charge in [-0.3, -0.25) is 0 Å². The van der Waals surface area contributed by atoms with Gasteiger partial charge in [0.05, 0.1) is 10.7 Å². The highest BCUT2D eigenvalue weighted by Gasteiger charge is 2.51. The van der Waals surface area contributed by atoms with Crippen molar-refractivity contribution in [3.05, 3.63) is 141 Å². The van der Waals surface area contributed by atoms with E-state index in [-0.39, 0.29) is 39.2 Å². The first-order valence-electron chi connectivity index (χ1n) is 25.5. The van der Waals surface area contributed by atoms with Gasteiger partial charge in [0.1, 0.15) is 0 Å². The summed E-state index contributed by atoms with van der Waals surface area (Å²) in [5, 5.41) is 1.41. The Kier molecular flexibility index (Phi) is 9.75. The van der Waals surface area contributed by atoms with Crippen LogP contribution in [-0.4, -0.2) is 6.71 Å². The fraction of sp³-hybridized carbons (Fsp3) is 0.429. The van der Waals surface area contributed by atoms with Crippen LogP contribution in [-0.2, 0) is 28.1 Å². The molecule has 5 aliphatic rings. The van der Waals surface area contributed by atoms with Gasteiger partial charge in [-0.2, -0.15) is 0 Å². The van der Waals surface area contributed by atoms with Crippen molar-refractivity contribution in [3.63, 3.8) is 0 Å². The quantitative estimate of drug-likeness (QED) is 0.163. The number of benzene rings is 5. The second kappa shape index (κ2) is 14.6. The van der Waals surface area contributed by atoms with Crippen LogP contribution < -0.4 is 26.2 Å². The Morgan fingerprint density at radius 3 is 1.82 bits per heavy atom. The normalized spacial score (nSPS) is 20.5. The van der Waals surface area contributed by atoms with Gasteiger partial charge in [-0.15, -0.1) is 11.3 Å². The minimum Gasteiger partial charge on any atom is -0.311 e. The van der Waals surface area contributed by atoms with E-state index in [0.29, 0.717) is 5.92 Å². The molecule has 0 spiro atoms. The number of hydrogen-bond donors (Lipinski definition) is 0. The SMILES string of the molecule is Cc1cc2c3c(c1)N(c1ccc(C(C)(C)C)cc1)c1sc4c(c1B3c1cc3c(cc1N2c1ccc(C(C)(C)C)cc1-c1ccccc1)C(C)(C)CCC3(C)C)C=C1C(C4)C(C)(C)CCC1(C)C. The van der Waals surface area contributed by atoms with Crippen molar-refractivity contribution in [2.75, 3.05) is 9.80 Å². The Morgan fingerprint density at radius 2 is 1.18 bits per heavy atom. The largest absolute Gasteiger partial charge is 0.311 e. The van der Waals surface area contributed by atoms with Crippen molar-refractivity contribution in [1.29, 1.82) is 0 Å². The molecule has 4 heteroatoms. The van der Waals surface area contributed by atoms with Crippen LogP contribution in [0.3, 0.4) is 0 Å². The second-order valence-corrected chi connectivity index (χ2v) is 27.2. The molecule has 344 valence electrons. The standard InChI is InChI=1S/C63H73BN2S/c1-38-31-52-56-53(32-38)66(50-26-23-41(59(5,6)7)33-43(50)39-19-17-16-18-20-39)51-36-47-46(61(10,11)28-29-62(47,12)13)35-49(51)64(56)55-44-34-45-48(63(14,15)30-27-60(45,8)9)37-54(44)67-57(55)65(52)42-24-21-40(22-25-42)58(2,3)4/h16-26,31-36,48H,27-30,37H2,1-15H3. The third-order valence-electron chi connectivity index (χ3n) is 17.5. The van der Waals surface area contributed by atoms with E-state index in [4.69, 9.17) is 0 Å². The van der Waals surface area contributed by atoms with E-state index in [1.54, 1.807) is 10.5 Å². The summed E-state index contributed by atoms with van der Waals surface area (Å²) in [4.78, 5) is 6.98. The van der Waals surface area contributed by atoms with E-state index < -0.39 is 0 Å². The minimum absolute atomic E-state index is 0.00272. The number of allylic oxidation sites excluding steroid dienone is 1. The van der Waals surface area contributed by atoms with E-state index in [2.05, 4.69) is 228 Å². The van der Waals surface area contributed by atoms with Crippen LogP contribution in [0.1, 0.15) is 161 Å². The zero-order valence-electron chi connectivity index (χ0n) is 43.3. The first-order chi connectivity index (χ1) is 31.4. The highest BCUT2D eigenvalue weighted by molar-refractivity contribution is 7.20. The van der Waals surface area contributed by atoms with Gasteiger partial charge >= 0.3 is 0 Å². The summed E-state index contributed by atoms with van der Waals surface area (Å²) >= 11 is 2.10. The topological polar surface area (TPSA) is 6.48 Å². The maximum Gasteiger partial charge on any atom is 0.254 e. The van der Waals surface area contributed by atoms with Crippen molar-refractivity contribution < 1.29 is 0 Å². The lowest BCUT2D eigenvalue weighted by Gasteiger charge is -2.50. The van der Waals surface area contributed by atoms with Crippen molar-refractivity contribution in [3.8, 4) is 11.1 Å². The summed E-state index contributed by atoms with van der Waals surface area (Å²) in [7, 11) is 0. The average Bonchev–Trinajstić information content (AvgIpc) is 3.64. The Morgan fingerprint density at radius 1 is 0.582 bits per heavy atom. The molecule has 1 saturated carbocycles.